The molecule has 0 spiro atoms. The SMILES string of the molecule is Cc1nccn1-c1cc(CNC(=O)c2cccc(NC(=O)C3Cc4ccccc4O3)c2)ccn1. The van der Waals surface area contributed by atoms with Crippen LogP contribution in [0.15, 0.2) is 79.3 Å². The maximum atomic E-state index is 12.7. The number of imidazole rings is 1. The summed E-state index contributed by atoms with van der Waals surface area (Å²) in [5.41, 5.74) is 2.92. The van der Waals surface area contributed by atoms with Crippen molar-refractivity contribution in [2.75, 3.05) is 5.32 Å². The van der Waals surface area contributed by atoms with Gasteiger partial charge < -0.3 is 15.4 Å². The molecule has 0 saturated heterocycles. The molecular weight excluding hydrogens is 430 g/mol. The van der Waals surface area contributed by atoms with Crippen LogP contribution in [-0.4, -0.2) is 32.5 Å². The summed E-state index contributed by atoms with van der Waals surface area (Å²) in [6.07, 6.45) is 5.20. The number of nitrogens with zero attached hydrogens (tertiary/aromatic N) is 3. The fourth-order valence-electron chi connectivity index (χ4n) is 3.90. The zero-order chi connectivity index (χ0) is 23.5. The van der Waals surface area contributed by atoms with Gasteiger partial charge in [-0.25, -0.2) is 9.97 Å². The molecule has 4 aromatic rings. The molecule has 3 heterocycles. The third-order valence-electron chi connectivity index (χ3n) is 5.67. The molecule has 8 nitrogen and oxygen atoms in total. The second-order valence-electron chi connectivity index (χ2n) is 8.04. The third-order valence-corrected chi connectivity index (χ3v) is 5.67. The van der Waals surface area contributed by atoms with Gasteiger partial charge in [-0.1, -0.05) is 24.3 Å². The Kier molecular flexibility index (Phi) is 5.78. The Hall–Kier alpha value is -4.46. The van der Waals surface area contributed by atoms with Crippen LogP contribution in [0.3, 0.4) is 0 Å². The number of amides is 2. The van der Waals surface area contributed by atoms with Crippen molar-refractivity contribution in [2.45, 2.75) is 26.0 Å². The number of carbonyl (C=O) groups is 2. The van der Waals surface area contributed by atoms with E-state index in [-0.39, 0.29) is 11.8 Å². The second-order valence-corrected chi connectivity index (χ2v) is 8.04. The summed E-state index contributed by atoms with van der Waals surface area (Å²) in [5, 5.41) is 5.78. The number of hydrogen-bond acceptors (Lipinski definition) is 5. The van der Waals surface area contributed by atoms with E-state index in [1.807, 2.05) is 54.1 Å². The highest BCUT2D eigenvalue weighted by Gasteiger charge is 2.28. The van der Waals surface area contributed by atoms with Crippen LogP contribution in [0, 0.1) is 6.92 Å². The first-order valence-electron chi connectivity index (χ1n) is 11.0. The molecule has 1 aliphatic heterocycles. The van der Waals surface area contributed by atoms with E-state index in [1.54, 1.807) is 36.7 Å². The molecule has 0 bridgehead atoms. The van der Waals surface area contributed by atoms with Crippen molar-refractivity contribution >= 4 is 17.5 Å². The summed E-state index contributed by atoms with van der Waals surface area (Å²) in [6, 6.07) is 18.2. The normalized spacial score (nSPS) is 14.2. The zero-order valence-electron chi connectivity index (χ0n) is 18.6. The Morgan fingerprint density at radius 3 is 2.76 bits per heavy atom. The molecule has 5 rings (SSSR count). The average molecular weight is 454 g/mol. The summed E-state index contributed by atoms with van der Waals surface area (Å²) in [5.74, 6) is 1.83. The molecule has 2 aromatic carbocycles. The molecule has 1 aliphatic rings. The van der Waals surface area contributed by atoms with Crippen LogP contribution in [0.2, 0.25) is 0 Å². The number of rotatable bonds is 6. The van der Waals surface area contributed by atoms with Gasteiger partial charge in [-0.15, -0.1) is 0 Å². The Morgan fingerprint density at radius 1 is 1.06 bits per heavy atom. The Balaban J connectivity index is 1.20. The molecule has 34 heavy (non-hydrogen) atoms. The predicted molar refractivity (Wildman–Crippen MR) is 127 cm³/mol. The van der Waals surface area contributed by atoms with E-state index < -0.39 is 6.10 Å². The van der Waals surface area contributed by atoms with E-state index in [0.717, 1.165) is 28.5 Å². The second kappa shape index (κ2) is 9.19. The highest BCUT2D eigenvalue weighted by Crippen LogP contribution is 2.28. The minimum atomic E-state index is -0.588. The Morgan fingerprint density at radius 2 is 1.94 bits per heavy atom. The van der Waals surface area contributed by atoms with Crippen molar-refractivity contribution in [2.24, 2.45) is 0 Å². The summed E-state index contributed by atoms with van der Waals surface area (Å²) in [4.78, 5) is 34.0. The van der Waals surface area contributed by atoms with Gasteiger partial charge in [-0.05, 0) is 54.4 Å². The van der Waals surface area contributed by atoms with Gasteiger partial charge in [-0.2, -0.15) is 0 Å². The van der Waals surface area contributed by atoms with Crippen LogP contribution in [0.4, 0.5) is 5.69 Å². The standard InChI is InChI=1S/C26H23N5O3/c1-17-27-11-12-31(17)24-13-18(9-10-28-24)16-29-25(32)20-6-4-7-21(14-20)30-26(33)23-15-19-5-2-3-8-22(19)34-23/h2-14,23H,15-16H2,1H3,(H,29,32)(H,30,33). The van der Waals surface area contributed by atoms with Gasteiger partial charge in [0.1, 0.15) is 17.4 Å². The van der Waals surface area contributed by atoms with Gasteiger partial charge in [0.15, 0.2) is 6.10 Å². The van der Waals surface area contributed by atoms with Gasteiger partial charge in [0.2, 0.25) is 0 Å². The number of fused-ring (bicyclic) bond motifs is 1. The molecule has 1 unspecified atom stereocenters. The number of anilines is 1. The van der Waals surface area contributed by atoms with Crippen LogP contribution < -0.4 is 15.4 Å². The number of carbonyl (C=O) groups excluding carboxylic acids is 2. The van der Waals surface area contributed by atoms with E-state index in [2.05, 4.69) is 20.6 Å². The van der Waals surface area contributed by atoms with Crippen LogP contribution in [-0.2, 0) is 17.8 Å². The van der Waals surface area contributed by atoms with Crippen molar-refractivity contribution in [3.05, 3.63) is 102 Å². The molecule has 2 N–H and O–H groups in total. The lowest BCUT2D eigenvalue weighted by molar-refractivity contribution is -0.122. The molecule has 0 fully saturated rings. The topological polar surface area (TPSA) is 98.1 Å². The Labute approximate surface area is 196 Å². The fraction of sp³-hybridized carbons (Fsp3) is 0.154. The van der Waals surface area contributed by atoms with E-state index in [1.165, 1.54) is 0 Å². The number of benzene rings is 2. The first kappa shape index (κ1) is 21.4. The minimum Gasteiger partial charge on any atom is -0.480 e. The molecule has 0 aliphatic carbocycles. The zero-order valence-corrected chi connectivity index (χ0v) is 18.6. The molecule has 0 radical (unpaired) electrons. The molecule has 8 heteroatoms. The van der Waals surface area contributed by atoms with Crippen LogP contribution in [0.1, 0.15) is 27.3 Å². The van der Waals surface area contributed by atoms with E-state index >= 15 is 0 Å². The number of hydrogen-bond donors (Lipinski definition) is 2. The summed E-state index contributed by atoms with van der Waals surface area (Å²) in [6.45, 7) is 2.24. The first-order chi connectivity index (χ1) is 16.6. The molecule has 1 atom stereocenters. The molecule has 2 aromatic heterocycles. The van der Waals surface area contributed by atoms with Gasteiger partial charge in [0, 0.05) is 42.8 Å². The highest BCUT2D eigenvalue weighted by molar-refractivity contribution is 5.98. The third kappa shape index (κ3) is 4.52. The molecule has 0 saturated carbocycles. The summed E-state index contributed by atoms with van der Waals surface area (Å²) >= 11 is 0. The number of nitrogens with one attached hydrogen (secondary N) is 2. The molecular formula is C26H23N5O3. The van der Waals surface area contributed by atoms with Crippen LogP contribution in [0.5, 0.6) is 5.75 Å². The lowest BCUT2D eigenvalue weighted by Gasteiger charge is -2.12. The molecule has 170 valence electrons. The van der Waals surface area contributed by atoms with Crippen molar-refractivity contribution in [1.82, 2.24) is 19.9 Å². The van der Waals surface area contributed by atoms with Crippen LogP contribution in [0.25, 0.3) is 5.82 Å². The number of aryl methyl sites for hydroxylation is 1. The molecule has 2 amide bonds. The van der Waals surface area contributed by atoms with Gasteiger partial charge in [-0.3, -0.25) is 14.2 Å². The summed E-state index contributed by atoms with van der Waals surface area (Å²) in [7, 11) is 0. The number of ether oxygens (including phenoxy) is 1. The maximum absolute atomic E-state index is 12.7. The van der Waals surface area contributed by atoms with E-state index in [4.69, 9.17) is 4.74 Å². The van der Waals surface area contributed by atoms with Crippen LogP contribution >= 0.6 is 0 Å². The number of pyridine rings is 1. The van der Waals surface area contributed by atoms with Gasteiger partial charge >= 0.3 is 0 Å². The van der Waals surface area contributed by atoms with Crippen molar-refractivity contribution in [1.29, 1.82) is 0 Å². The van der Waals surface area contributed by atoms with Crippen molar-refractivity contribution in [3.8, 4) is 11.6 Å². The average Bonchev–Trinajstić information content (AvgIpc) is 3.49. The monoisotopic (exact) mass is 453 g/mol. The van der Waals surface area contributed by atoms with Gasteiger partial charge in [0.05, 0.1) is 0 Å². The summed E-state index contributed by atoms with van der Waals surface area (Å²) < 4.78 is 7.63. The van der Waals surface area contributed by atoms with E-state index in [0.29, 0.717) is 24.2 Å². The Bertz CT molecular complexity index is 1340. The minimum absolute atomic E-state index is 0.238. The predicted octanol–water partition coefficient (Wildman–Crippen LogP) is 3.45. The van der Waals surface area contributed by atoms with Gasteiger partial charge in [0.25, 0.3) is 11.8 Å². The smallest absolute Gasteiger partial charge is 0.265 e. The highest BCUT2D eigenvalue weighted by atomic mass is 16.5. The van der Waals surface area contributed by atoms with Crippen molar-refractivity contribution < 1.29 is 14.3 Å². The lowest BCUT2D eigenvalue weighted by Crippen LogP contribution is -2.31. The number of aromatic nitrogens is 3. The van der Waals surface area contributed by atoms with E-state index in [9.17, 15) is 9.59 Å². The largest absolute Gasteiger partial charge is 0.480 e. The fourth-order valence-corrected chi connectivity index (χ4v) is 3.90. The maximum Gasteiger partial charge on any atom is 0.265 e. The van der Waals surface area contributed by atoms with Crippen molar-refractivity contribution in [3.63, 3.8) is 0 Å². The lowest BCUT2D eigenvalue weighted by atomic mass is 10.1. The quantitative estimate of drug-likeness (QED) is 0.466. The first-order valence-corrected chi connectivity index (χ1v) is 11.0. The number of para-hydroxylation sites is 1.